The molecular formula is C23H26FN7O. The molecule has 4 aliphatic carbocycles. The highest BCUT2D eigenvalue weighted by molar-refractivity contribution is 5.99. The molecule has 0 radical (unpaired) electrons. The van der Waals surface area contributed by atoms with Crippen LogP contribution in [0.3, 0.4) is 0 Å². The summed E-state index contributed by atoms with van der Waals surface area (Å²) in [6.07, 6.45) is 5.13. The van der Waals surface area contributed by atoms with Crippen molar-refractivity contribution < 1.29 is 9.18 Å². The van der Waals surface area contributed by atoms with Crippen molar-refractivity contribution in [3.63, 3.8) is 0 Å². The van der Waals surface area contributed by atoms with E-state index in [-0.39, 0.29) is 23.6 Å². The SMILES string of the molecule is Cc1cc(Nc2ncc(F)c(NC34C5C=C[C@@H]3C54C(N)=O)n2)ccc1N1CCN(C)CC1. The zero-order chi connectivity index (χ0) is 22.3. The average Bonchev–Trinajstić information content (AvgIpc) is 3.31. The van der Waals surface area contributed by atoms with Gasteiger partial charge in [0, 0.05) is 49.4 Å². The van der Waals surface area contributed by atoms with Crippen molar-refractivity contribution in [2.24, 2.45) is 23.0 Å². The highest BCUT2D eigenvalue weighted by Crippen LogP contribution is 2.91. The van der Waals surface area contributed by atoms with Crippen molar-refractivity contribution >= 4 is 29.0 Å². The van der Waals surface area contributed by atoms with Crippen LogP contribution < -0.4 is 21.3 Å². The molecule has 4 atom stereocenters. The van der Waals surface area contributed by atoms with Crippen LogP contribution in [0.25, 0.3) is 0 Å². The van der Waals surface area contributed by atoms with Gasteiger partial charge in [0.1, 0.15) is 0 Å². The Morgan fingerprint density at radius 2 is 1.94 bits per heavy atom. The van der Waals surface area contributed by atoms with Crippen molar-refractivity contribution in [2.75, 3.05) is 48.8 Å². The maximum Gasteiger partial charge on any atom is 0.229 e. The number of carbonyl (C=O) groups is 1. The summed E-state index contributed by atoms with van der Waals surface area (Å²) in [5, 5.41) is 6.35. The van der Waals surface area contributed by atoms with E-state index < -0.39 is 16.8 Å². The predicted molar refractivity (Wildman–Crippen MR) is 120 cm³/mol. The average molecular weight is 436 g/mol. The molecule has 2 heterocycles. The van der Waals surface area contributed by atoms with Gasteiger partial charge >= 0.3 is 0 Å². The Kier molecular flexibility index (Phi) is 3.90. The minimum atomic E-state index is -0.603. The molecule has 2 saturated carbocycles. The number of nitrogens with one attached hydrogen (secondary N) is 2. The molecule has 7 rings (SSSR count). The number of rotatable bonds is 6. The van der Waals surface area contributed by atoms with E-state index in [0.29, 0.717) is 5.95 Å². The molecule has 1 aromatic heterocycles. The summed E-state index contributed by atoms with van der Waals surface area (Å²) in [5.41, 5.74) is 7.73. The number of hydrogen-bond donors (Lipinski definition) is 3. The Hall–Kier alpha value is -3.20. The molecule has 32 heavy (non-hydrogen) atoms. The smallest absolute Gasteiger partial charge is 0.229 e. The number of anilines is 4. The molecule has 3 fully saturated rings. The lowest BCUT2D eigenvalue weighted by atomic mass is 10.0. The molecule has 0 spiro atoms. The number of amides is 1. The third-order valence-electron chi connectivity index (χ3n) is 7.75. The molecule has 1 aliphatic heterocycles. The van der Waals surface area contributed by atoms with E-state index >= 15 is 0 Å². The molecule has 4 N–H and O–H groups in total. The van der Waals surface area contributed by atoms with Crippen LogP contribution in [0.15, 0.2) is 36.5 Å². The van der Waals surface area contributed by atoms with E-state index in [1.807, 2.05) is 18.2 Å². The van der Waals surface area contributed by atoms with Crippen LogP contribution in [-0.2, 0) is 4.79 Å². The lowest BCUT2D eigenvalue weighted by Gasteiger charge is -2.35. The third kappa shape index (κ3) is 2.42. The molecular weight excluding hydrogens is 409 g/mol. The summed E-state index contributed by atoms with van der Waals surface area (Å²) in [6, 6.07) is 6.14. The quantitative estimate of drug-likeness (QED) is 0.596. The first-order valence-electron chi connectivity index (χ1n) is 11.0. The van der Waals surface area contributed by atoms with Crippen molar-refractivity contribution in [3.8, 4) is 0 Å². The molecule has 1 aromatic carbocycles. The van der Waals surface area contributed by atoms with Crippen LogP contribution in [0.4, 0.5) is 27.5 Å². The van der Waals surface area contributed by atoms with Gasteiger partial charge in [0.25, 0.3) is 0 Å². The molecule has 3 unspecified atom stereocenters. The van der Waals surface area contributed by atoms with Gasteiger partial charge in [0.15, 0.2) is 11.6 Å². The summed E-state index contributed by atoms with van der Waals surface area (Å²) in [5.74, 6) is -0.464. The normalized spacial score (nSPS) is 31.9. The van der Waals surface area contributed by atoms with Gasteiger partial charge in [-0.25, -0.2) is 9.37 Å². The molecule has 166 valence electrons. The van der Waals surface area contributed by atoms with E-state index in [1.165, 1.54) is 5.69 Å². The topological polar surface area (TPSA) is 99.4 Å². The number of nitrogens with two attached hydrogens (primary N) is 1. The minimum Gasteiger partial charge on any atom is -0.369 e. The molecule has 2 aromatic rings. The van der Waals surface area contributed by atoms with Gasteiger partial charge in [0.05, 0.1) is 17.2 Å². The summed E-state index contributed by atoms with van der Waals surface area (Å²) in [4.78, 5) is 25.1. The largest absolute Gasteiger partial charge is 0.369 e. The summed E-state index contributed by atoms with van der Waals surface area (Å²) >= 11 is 0. The number of primary amides is 1. The van der Waals surface area contributed by atoms with Gasteiger partial charge in [-0.3, -0.25) is 4.79 Å². The summed E-state index contributed by atoms with van der Waals surface area (Å²) < 4.78 is 14.5. The van der Waals surface area contributed by atoms with Crippen LogP contribution >= 0.6 is 0 Å². The Bertz CT molecular complexity index is 1140. The molecule has 8 nitrogen and oxygen atoms in total. The minimum absolute atomic E-state index is 0.0213. The highest BCUT2D eigenvalue weighted by atomic mass is 19.1. The first kappa shape index (κ1) is 19.5. The number of aryl methyl sites for hydroxylation is 1. The maximum atomic E-state index is 14.5. The van der Waals surface area contributed by atoms with E-state index in [0.717, 1.165) is 43.6 Å². The second-order valence-corrected chi connectivity index (χ2v) is 9.37. The fraction of sp³-hybridized carbons (Fsp3) is 0.435. The number of halogens is 1. The Balaban J connectivity index is 1.19. The van der Waals surface area contributed by atoms with Crippen molar-refractivity contribution in [1.82, 2.24) is 14.9 Å². The van der Waals surface area contributed by atoms with Crippen LogP contribution in [0.5, 0.6) is 0 Å². The lowest BCUT2D eigenvalue weighted by Crippen LogP contribution is -2.44. The number of benzene rings is 1. The monoisotopic (exact) mass is 435 g/mol. The maximum absolute atomic E-state index is 14.5. The van der Waals surface area contributed by atoms with Crippen LogP contribution in [0, 0.1) is 30.0 Å². The zero-order valence-electron chi connectivity index (χ0n) is 18.1. The van der Waals surface area contributed by atoms with Crippen LogP contribution in [0.2, 0.25) is 0 Å². The van der Waals surface area contributed by atoms with Gasteiger partial charge in [-0.15, -0.1) is 0 Å². The Morgan fingerprint density at radius 3 is 2.56 bits per heavy atom. The lowest BCUT2D eigenvalue weighted by molar-refractivity contribution is -0.121. The van der Waals surface area contributed by atoms with Gasteiger partial charge in [-0.2, -0.15) is 4.98 Å². The summed E-state index contributed by atoms with van der Waals surface area (Å²) in [7, 11) is 2.14. The van der Waals surface area contributed by atoms with E-state index in [9.17, 15) is 9.18 Å². The summed E-state index contributed by atoms with van der Waals surface area (Å²) in [6.45, 7) is 6.20. The number of likely N-dealkylation sites (N-methyl/N-ethyl adjacent to an activating group) is 1. The van der Waals surface area contributed by atoms with Crippen molar-refractivity contribution in [2.45, 2.75) is 12.5 Å². The standard InChI is InChI=1S/C23H26FN7O/c1-13-11-14(3-4-16(13)31-9-7-30(2)8-10-31)27-21-26-12-15(24)19(28-21)29-23-17-5-6-18(23)22(17,23)20(25)32/h3-6,11-12,17-18H,7-10H2,1-2H3,(H2,25,32)(H2,26,27,28,29)/t17-,18?,22?,23?/m1/s1. The third-order valence-corrected chi connectivity index (χ3v) is 7.75. The van der Waals surface area contributed by atoms with E-state index in [1.54, 1.807) is 0 Å². The number of carbonyl (C=O) groups excluding carboxylic acids is 1. The molecule has 1 saturated heterocycles. The van der Waals surface area contributed by atoms with Gasteiger partial charge in [-0.05, 0) is 37.7 Å². The van der Waals surface area contributed by atoms with Crippen LogP contribution in [-0.4, -0.2) is 59.5 Å². The number of aromatic nitrogens is 2. The second kappa shape index (κ2) is 6.41. The van der Waals surface area contributed by atoms with Crippen LogP contribution in [0.1, 0.15) is 5.56 Å². The molecule has 9 heteroatoms. The first-order valence-corrected chi connectivity index (χ1v) is 11.0. The number of hydrogen-bond acceptors (Lipinski definition) is 7. The zero-order valence-corrected chi connectivity index (χ0v) is 18.1. The molecule has 5 aliphatic rings. The van der Waals surface area contributed by atoms with E-state index in [4.69, 9.17) is 5.73 Å². The molecule has 1 amide bonds. The van der Waals surface area contributed by atoms with Gasteiger partial charge in [0.2, 0.25) is 11.9 Å². The van der Waals surface area contributed by atoms with Gasteiger partial charge < -0.3 is 26.2 Å². The molecule has 2 bridgehead atoms. The number of nitrogens with zero attached hydrogens (tertiary/aromatic N) is 4. The highest BCUT2D eigenvalue weighted by Gasteiger charge is 3.02. The Labute approximate surface area is 185 Å². The fourth-order valence-corrected chi connectivity index (χ4v) is 5.97. The van der Waals surface area contributed by atoms with E-state index in [2.05, 4.69) is 56.5 Å². The second-order valence-electron chi connectivity index (χ2n) is 9.37. The predicted octanol–water partition coefficient (Wildman–Crippen LogP) is 1.87. The fourth-order valence-electron chi connectivity index (χ4n) is 5.97. The Morgan fingerprint density at radius 1 is 1.22 bits per heavy atom. The number of piperazine rings is 1. The van der Waals surface area contributed by atoms with Crippen molar-refractivity contribution in [3.05, 3.63) is 47.9 Å². The first-order chi connectivity index (χ1) is 15.4. The van der Waals surface area contributed by atoms with Crippen molar-refractivity contribution in [1.29, 1.82) is 0 Å². The van der Waals surface area contributed by atoms with Gasteiger partial charge in [-0.1, -0.05) is 12.2 Å².